The third kappa shape index (κ3) is 17.4. The molecule has 0 spiro atoms. The van der Waals surface area contributed by atoms with E-state index >= 15 is 0 Å². The molecule has 2 atom stereocenters. The van der Waals surface area contributed by atoms with Crippen molar-refractivity contribution in [3.05, 3.63) is 0 Å². The lowest BCUT2D eigenvalue weighted by Crippen LogP contribution is -2.30. The fraction of sp³-hybridized carbons (Fsp3) is 1.00. The molecule has 0 aromatic heterocycles. The Balaban J connectivity index is 1.50. The summed E-state index contributed by atoms with van der Waals surface area (Å²) >= 11 is 0. The van der Waals surface area contributed by atoms with Crippen LogP contribution < -0.4 is 5.32 Å². The predicted molar refractivity (Wildman–Crippen MR) is 154 cm³/mol. The van der Waals surface area contributed by atoms with Gasteiger partial charge in [-0.2, -0.15) is 0 Å². The fourth-order valence-corrected chi connectivity index (χ4v) is 6.73. The molecule has 202 valence electrons. The second kappa shape index (κ2) is 22.2. The first-order chi connectivity index (χ1) is 16.8. The van der Waals surface area contributed by atoms with Crippen LogP contribution in [0.2, 0.25) is 0 Å². The zero-order valence-electron chi connectivity index (χ0n) is 23.7. The van der Waals surface area contributed by atoms with Crippen LogP contribution >= 0.6 is 0 Å². The van der Waals surface area contributed by atoms with E-state index in [2.05, 4.69) is 12.2 Å². The Morgan fingerprint density at radius 2 is 0.882 bits per heavy atom. The first-order valence-corrected chi connectivity index (χ1v) is 16.6. The number of hydrogen-bond acceptors (Lipinski definition) is 1. The van der Waals surface area contributed by atoms with Crippen molar-refractivity contribution in [2.45, 2.75) is 193 Å². The van der Waals surface area contributed by atoms with E-state index in [4.69, 9.17) is 0 Å². The first kappa shape index (κ1) is 30.2. The average Bonchev–Trinajstić information content (AvgIpc) is 2.84. The summed E-state index contributed by atoms with van der Waals surface area (Å²) < 4.78 is 0. The van der Waals surface area contributed by atoms with Gasteiger partial charge in [0, 0.05) is 6.04 Å². The van der Waals surface area contributed by atoms with Crippen molar-refractivity contribution < 1.29 is 0 Å². The van der Waals surface area contributed by atoms with Gasteiger partial charge in [0.15, 0.2) is 0 Å². The van der Waals surface area contributed by atoms with E-state index in [1.807, 2.05) is 0 Å². The van der Waals surface area contributed by atoms with Crippen molar-refractivity contribution in [2.75, 3.05) is 6.54 Å². The van der Waals surface area contributed by atoms with E-state index in [1.54, 1.807) is 0 Å². The van der Waals surface area contributed by atoms with Gasteiger partial charge < -0.3 is 5.32 Å². The van der Waals surface area contributed by atoms with Gasteiger partial charge in [0.2, 0.25) is 0 Å². The van der Waals surface area contributed by atoms with E-state index in [9.17, 15) is 0 Å². The zero-order chi connectivity index (χ0) is 23.9. The van der Waals surface area contributed by atoms with E-state index in [-0.39, 0.29) is 0 Å². The second-order valence-corrected chi connectivity index (χ2v) is 12.6. The summed E-state index contributed by atoms with van der Waals surface area (Å²) in [7, 11) is 0. The first-order valence-electron chi connectivity index (χ1n) is 16.6. The van der Waals surface area contributed by atoms with Gasteiger partial charge >= 0.3 is 0 Å². The third-order valence-electron chi connectivity index (χ3n) is 9.20. The molecule has 0 aliphatic heterocycles. The Bertz CT molecular complexity index is 407. The molecule has 2 fully saturated rings. The fourth-order valence-electron chi connectivity index (χ4n) is 6.73. The van der Waals surface area contributed by atoms with Crippen molar-refractivity contribution in [3.8, 4) is 0 Å². The van der Waals surface area contributed by atoms with Crippen LogP contribution in [0.3, 0.4) is 0 Å². The number of nitrogens with one attached hydrogen (secondary N) is 1. The van der Waals surface area contributed by atoms with E-state index < -0.39 is 0 Å². The van der Waals surface area contributed by atoms with Crippen molar-refractivity contribution in [1.29, 1.82) is 0 Å². The molecule has 0 aromatic rings. The zero-order valence-corrected chi connectivity index (χ0v) is 23.7. The minimum Gasteiger partial charge on any atom is -0.314 e. The third-order valence-corrected chi connectivity index (χ3v) is 9.20. The Kier molecular flexibility index (Phi) is 19.7. The van der Waals surface area contributed by atoms with E-state index in [0.717, 1.165) is 17.9 Å². The van der Waals surface area contributed by atoms with Gasteiger partial charge in [-0.25, -0.2) is 0 Å². The smallest absolute Gasteiger partial charge is 0.00670 e. The highest BCUT2D eigenvalue weighted by Gasteiger charge is 2.11. The Morgan fingerprint density at radius 1 is 0.441 bits per heavy atom. The summed E-state index contributed by atoms with van der Waals surface area (Å²) in [6, 6.07) is 0.800. The van der Waals surface area contributed by atoms with Crippen LogP contribution in [-0.2, 0) is 0 Å². The lowest BCUT2D eigenvalue weighted by Gasteiger charge is -2.20. The molecule has 1 N–H and O–H groups in total. The maximum Gasteiger partial charge on any atom is 0.00670 e. The monoisotopic (exact) mass is 476 g/mol. The van der Waals surface area contributed by atoms with Crippen LogP contribution in [0, 0.1) is 11.8 Å². The Hall–Kier alpha value is -0.0400. The van der Waals surface area contributed by atoms with Gasteiger partial charge in [-0.3, -0.25) is 0 Å². The Labute approximate surface area is 216 Å². The summed E-state index contributed by atoms with van der Waals surface area (Å²) in [5.41, 5.74) is 0. The second-order valence-electron chi connectivity index (χ2n) is 12.6. The summed E-state index contributed by atoms with van der Waals surface area (Å²) in [4.78, 5) is 0. The van der Waals surface area contributed by atoms with E-state index in [1.165, 1.54) is 186 Å². The van der Waals surface area contributed by atoms with Crippen LogP contribution in [-0.4, -0.2) is 12.6 Å². The molecule has 1 heteroatoms. The maximum atomic E-state index is 3.98. The lowest BCUT2D eigenvalue weighted by atomic mass is 9.89. The molecule has 2 rings (SSSR count). The molecule has 1 nitrogen and oxygen atoms in total. The highest BCUT2D eigenvalue weighted by atomic mass is 14.9. The molecular formula is C33H65N. The van der Waals surface area contributed by atoms with Gasteiger partial charge in [-0.15, -0.1) is 0 Å². The lowest BCUT2D eigenvalue weighted by molar-refractivity contribution is 0.359. The molecule has 2 saturated carbocycles. The molecule has 0 radical (unpaired) electrons. The van der Waals surface area contributed by atoms with Gasteiger partial charge in [0.1, 0.15) is 0 Å². The normalized spacial score (nSPS) is 26.4. The van der Waals surface area contributed by atoms with E-state index in [0.29, 0.717) is 0 Å². The summed E-state index contributed by atoms with van der Waals surface area (Å²) in [5, 5.41) is 3.98. The molecule has 2 aliphatic carbocycles. The molecule has 0 amide bonds. The van der Waals surface area contributed by atoms with Crippen molar-refractivity contribution in [1.82, 2.24) is 5.32 Å². The highest BCUT2D eigenvalue weighted by Crippen LogP contribution is 2.26. The molecule has 0 saturated heterocycles. The van der Waals surface area contributed by atoms with Crippen molar-refractivity contribution >= 4 is 0 Å². The number of rotatable bonds is 9. The maximum absolute atomic E-state index is 3.98. The highest BCUT2D eigenvalue weighted by molar-refractivity contribution is 4.69. The molecular weight excluding hydrogens is 410 g/mol. The van der Waals surface area contributed by atoms with Crippen LogP contribution in [0.15, 0.2) is 0 Å². The van der Waals surface area contributed by atoms with Crippen LogP contribution in [0.4, 0.5) is 0 Å². The minimum absolute atomic E-state index is 0.800. The average molecular weight is 476 g/mol. The minimum atomic E-state index is 0.800. The summed E-state index contributed by atoms with van der Waals surface area (Å²) in [6.07, 6.45) is 41.5. The summed E-state index contributed by atoms with van der Waals surface area (Å²) in [6.45, 7) is 3.76. The number of unbranched alkanes of at least 4 members (excludes halogenated alkanes) is 4. The van der Waals surface area contributed by atoms with Crippen LogP contribution in [0.25, 0.3) is 0 Å². The predicted octanol–water partition coefficient (Wildman–Crippen LogP) is 11.1. The SMILES string of the molecule is CC1CCCCCCCCC(NCCCCCCCC2CCCCCCCCCCC2)CCC1. The van der Waals surface area contributed by atoms with Gasteiger partial charge in [0.25, 0.3) is 0 Å². The Morgan fingerprint density at radius 3 is 1.53 bits per heavy atom. The largest absolute Gasteiger partial charge is 0.314 e. The molecule has 0 aromatic carbocycles. The molecule has 34 heavy (non-hydrogen) atoms. The summed E-state index contributed by atoms with van der Waals surface area (Å²) in [5.74, 6) is 2.00. The topological polar surface area (TPSA) is 12.0 Å². The van der Waals surface area contributed by atoms with Crippen molar-refractivity contribution in [2.24, 2.45) is 11.8 Å². The number of hydrogen-bond donors (Lipinski definition) is 1. The van der Waals surface area contributed by atoms with Crippen molar-refractivity contribution in [3.63, 3.8) is 0 Å². The molecule has 0 heterocycles. The molecule has 2 unspecified atom stereocenters. The standard InChI is InChI=1S/C33H65N/c1-31-23-16-10-7-8-14-20-28-33(29-22-24-31)34-30-21-15-9-13-19-27-32-25-17-11-5-3-2-4-6-12-18-26-32/h31-34H,2-30H2,1H3. The van der Waals surface area contributed by atoms with Crippen LogP contribution in [0.1, 0.15) is 187 Å². The van der Waals surface area contributed by atoms with Gasteiger partial charge in [-0.1, -0.05) is 167 Å². The van der Waals surface area contributed by atoms with Crippen LogP contribution in [0.5, 0.6) is 0 Å². The van der Waals surface area contributed by atoms with Gasteiger partial charge in [0.05, 0.1) is 0 Å². The molecule has 2 aliphatic rings. The molecule has 0 bridgehead atoms. The quantitative estimate of drug-likeness (QED) is 0.327. The van der Waals surface area contributed by atoms with Gasteiger partial charge in [-0.05, 0) is 37.6 Å².